The molecule has 0 fully saturated rings. The van der Waals surface area contributed by atoms with Crippen molar-refractivity contribution in [1.29, 1.82) is 0 Å². The van der Waals surface area contributed by atoms with E-state index < -0.39 is 0 Å². The number of hydrogen-bond donors (Lipinski definition) is 0. The third kappa shape index (κ3) is 2.68. The molecule has 0 spiro atoms. The molecule has 0 saturated heterocycles. The Morgan fingerprint density at radius 2 is 2.00 bits per heavy atom. The summed E-state index contributed by atoms with van der Waals surface area (Å²) in [5.74, 6) is -0.0464. The zero-order valence-corrected chi connectivity index (χ0v) is 11.0. The van der Waals surface area contributed by atoms with Gasteiger partial charge in [0.05, 0.1) is 6.20 Å². The third-order valence-corrected chi connectivity index (χ3v) is 3.07. The van der Waals surface area contributed by atoms with Crippen LogP contribution in [0.15, 0.2) is 36.5 Å². The molecule has 0 amide bonds. The molecule has 1 heterocycles. The third-order valence-electron chi connectivity index (χ3n) is 2.82. The van der Waals surface area contributed by atoms with E-state index in [2.05, 4.69) is 5.10 Å². The lowest BCUT2D eigenvalue weighted by atomic mass is 10.1. The van der Waals surface area contributed by atoms with Gasteiger partial charge in [-0.05, 0) is 43.3 Å². The molecule has 2 rings (SSSR count). The fourth-order valence-electron chi connectivity index (χ4n) is 1.56. The molecule has 0 bridgehead atoms. The quantitative estimate of drug-likeness (QED) is 0.627. The Bertz CT molecular complexity index is 597. The summed E-state index contributed by atoms with van der Waals surface area (Å²) in [5, 5.41) is 4.74. The topological polar surface area (TPSA) is 34.9 Å². The van der Waals surface area contributed by atoms with E-state index in [0.29, 0.717) is 10.6 Å². The average molecular weight is 261 g/mol. The summed E-state index contributed by atoms with van der Waals surface area (Å²) in [6.45, 7) is 1.96. The second-order valence-corrected chi connectivity index (χ2v) is 4.45. The van der Waals surface area contributed by atoms with Gasteiger partial charge < -0.3 is 0 Å². The maximum atomic E-state index is 11.9. The first-order valence-electron chi connectivity index (χ1n) is 5.54. The van der Waals surface area contributed by atoms with Gasteiger partial charge in [0.1, 0.15) is 0 Å². The Morgan fingerprint density at radius 1 is 1.33 bits per heavy atom. The maximum Gasteiger partial charge on any atom is 0.185 e. The fraction of sp³-hybridized carbons (Fsp3) is 0.143. The molecule has 4 heteroatoms. The van der Waals surface area contributed by atoms with Gasteiger partial charge in [-0.25, -0.2) is 0 Å². The zero-order chi connectivity index (χ0) is 13.1. The minimum atomic E-state index is -0.0464. The Morgan fingerprint density at radius 3 is 2.56 bits per heavy atom. The number of aryl methyl sites for hydroxylation is 1. The van der Waals surface area contributed by atoms with Crippen molar-refractivity contribution in [2.45, 2.75) is 6.92 Å². The van der Waals surface area contributed by atoms with E-state index in [0.717, 1.165) is 11.3 Å². The molecule has 1 aromatic carbocycles. The number of allylic oxidation sites excluding steroid dienone is 1. The SMILES string of the molecule is Cc1c(C=CC(=O)c2ccc(Cl)cc2)cnn1C. The number of halogens is 1. The molecule has 0 aliphatic heterocycles. The molecule has 0 atom stereocenters. The minimum absolute atomic E-state index is 0.0464. The van der Waals surface area contributed by atoms with Gasteiger partial charge >= 0.3 is 0 Å². The number of hydrogen-bond acceptors (Lipinski definition) is 2. The Hall–Kier alpha value is -1.87. The van der Waals surface area contributed by atoms with Crippen LogP contribution in [0.4, 0.5) is 0 Å². The molecule has 1 aromatic heterocycles. The van der Waals surface area contributed by atoms with Gasteiger partial charge in [0.2, 0.25) is 0 Å². The number of carbonyl (C=O) groups is 1. The van der Waals surface area contributed by atoms with Crippen LogP contribution in [0.25, 0.3) is 6.08 Å². The van der Waals surface area contributed by atoms with Crippen LogP contribution < -0.4 is 0 Å². The molecule has 92 valence electrons. The van der Waals surface area contributed by atoms with E-state index >= 15 is 0 Å². The molecular weight excluding hydrogens is 248 g/mol. The lowest BCUT2D eigenvalue weighted by molar-refractivity contribution is 0.104. The number of aromatic nitrogens is 2. The lowest BCUT2D eigenvalue weighted by Crippen LogP contribution is -1.94. The fourth-order valence-corrected chi connectivity index (χ4v) is 1.68. The van der Waals surface area contributed by atoms with Gasteiger partial charge in [-0.3, -0.25) is 9.48 Å². The highest BCUT2D eigenvalue weighted by atomic mass is 35.5. The number of nitrogens with zero attached hydrogens (tertiary/aromatic N) is 2. The first-order chi connectivity index (χ1) is 8.58. The van der Waals surface area contributed by atoms with Gasteiger partial charge in [-0.2, -0.15) is 5.10 Å². The number of rotatable bonds is 3. The summed E-state index contributed by atoms with van der Waals surface area (Å²) in [4.78, 5) is 11.9. The van der Waals surface area contributed by atoms with Crippen LogP contribution in [0, 0.1) is 6.92 Å². The molecule has 0 aliphatic carbocycles. The second kappa shape index (κ2) is 5.19. The molecule has 2 aromatic rings. The van der Waals surface area contributed by atoms with Crippen LogP contribution in [-0.2, 0) is 7.05 Å². The molecule has 0 radical (unpaired) electrons. The van der Waals surface area contributed by atoms with E-state index in [1.165, 1.54) is 0 Å². The van der Waals surface area contributed by atoms with Crippen molar-refractivity contribution in [3.8, 4) is 0 Å². The Labute approximate surface area is 111 Å². The van der Waals surface area contributed by atoms with Crippen molar-refractivity contribution >= 4 is 23.5 Å². The van der Waals surface area contributed by atoms with E-state index in [9.17, 15) is 4.79 Å². The van der Waals surface area contributed by atoms with Crippen molar-refractivity contribution < 1.29 is 4.79 Å². The van der Waals surface area contributed by atoms with Crippen LogP contribution in [0.1, 0.15) is 21.6 Å². The molecule has 0 unspecified atom stereocenters. The Balaban J connectivity index is 2.16. The highest BCUT2D eigenvalue weighted by Crippen LogP contribution is 2.12. The minimum Gasteiger partial charge on any atom is -0.289 e. The largest absolute Gasteiger partial charge is 0.289 e. The predicted molar refractivity (Wildman–Crippen MR) is 72.8 cm³/mol. The summed E-state index contributed by atoms with van der Waals surface area (Å²) in [6.07, 6.45) is 5.06. The van der Waals surface area contributed by atoms with Gasteiger partial charge in [0.15, 0.2) is 5.78 Å². The zero-order valence-electron chi connectivity index (χ0n) is 10.2. The lowest BCUT2D eigenvalue weighted by Gasteiger charge is -1.96. The van der Waals surface area contributed by atoms with Crippen LogP contribution in [0.3, 0.4) is 0 Å². The van der Waals surface area contributed by atoms with Crippen LogP contribution in [-0.4, -0.2) is 15.6 Å². The van der Waals surface area contributed by atoms with Gasteiger partial charge in [0.25, 0.3) is 0 Å². The van der Waals surface area contributed by atoms with Crippen LogP contribution >= 0.6 is 11.6 Å². The van der Waals surface area contributed by atoms with E-state index in [4.69, 9.17) is 11.6 Å². The van der Waals surface area contributed by atoms with Crippen molar-refractivity contribution in [3.63, 3.8) is 0 Å². The van der Waals surface area contributed by atoms with Crippen LogP contribution in [0.5, 0.6) is 0 Å². The highest BCUT2D eigenvalue weighted by Gasteiger charge is 2.03. The first-order valence-corrected chi connectivity index (χ1v) is 5.92. The van der Waals surface area contributed by atoms with Crippen molar-refractivity contribution in [2.24, 2.45) is 7.05 Å². The Kier molecular flexibility index (Phi) is 3.63. The van der Waals surface area contributed by atoms with Gasteiger partial charge in [-0.1, -0.05) is 11.6 Å². The summed E-state index contributed by atoms with van der Waals surface area (Å²) in [6, 6.07) is 6.84. The highest BCUT2D eigenvalue weighted by molar-refractivity contribution is 6.30. The van der Waals surface area contributed by atoms with Crippen molar-refractivity contribution in [2.75, 3.05) is 0 Å². The molecular formula is C14H13ClN2O. The normalized spacial score (nSPS) is 11.1. The maximum absolute atomic E-state index is 11.9. The van der Waals surface area contributed by atoms with Gasteiger partial charge in [0, 0.05) is 28.9 Å². The smallest absolute Gasteiger partial charge is 0.185 e. The van der Waals surface area contributed by atoms with Gasteiger partial charge in [-0.15, -0.1) is 0 Å². The van der Waals surface area contributed by atoms with E-state index in [-0.39, 0.29) is 5.78 Å². The van der Waals surface area contributed by atoms with Crippen molar-refractivity contribution in [1.82, 2.24) is 9.78 Å². The van der Waals surface area contributed by atoms with E-state index in [1.807, 2.05) is 14.0 Å². The number of ketones is 1. The summed E-state index contributed by atoms with van der Waals surface area (Å²) in [7, 11) is 1.87. The molecule has 0 N–H and O–H groups in total. The summed E-state index contributed by atoms with van der Waals surface area (Å²) >= 11 is 5.77. The van der Waals surface area contributed by atoms with Crippen LogP contribution in [0.2, 0.25) is 5.02 Å². The number of carbonyl (C=O) groups excluding carboxylic acids is 1. The molecule has 3 nitrogen and oxygen atoms in total. The molecule has 18 heavy (non-hydrogen) atoms. The van der Waals surface area contributed by atoms with E-state index in [1.54, 1.807) is 47.3 Å². The predicted octanol–water partition coefficient (Wildman–Crippen LogP) is 3.28. The molecule has 0 saturated carbocycles. The molecule has 0 aliphatic rings. The van der Waals surface area contributed by atoms with Crippen molar-refractivity contribution in [3.05, 3.63) is 58.4 Å². The summed E-state index contributed by atoms with van der Waals surface area (Å²) < 4.78 is 1.77. The first kappa shape index (κ1) is 12.6. The average Bonchev–Trinajstić information content (AvgIpc) is 2.68. The monoisotopic (exact) mass is 260 g/mol. The standard InChI is InChI=1S/C14H13ClN2O/c1-10-12(9-16-17(10)2)5-8-14(18)11-3-6-13(15)7-4-11/h3-9H,1-2H3. The second-order valence-electron chi connectivity index (χ2n) is 4.01. The number of benzene rings is 1. The summed E-state index contributed by atoms with van der Waals surface area (Å²) in [5.41, 5.74) is 2.59.